The van der Waals surface area contributed by atoms with Crippen molar-refractivity contribution < 1.29 is 30.7 Å². The minimum absolute atomic E-state index is 0.0224. The van der Waals surface area contributed by atoms with Crippen LogP contribution in [0.1, 0.15) is 30.9 Å². The molecule has 1 aromatic carbocycles. The molecule has 0 bridgehead atoms. The number of nitrogens with one attached hydrogen (secondary N) is 2. The van der Waals surface area contributed by atoms with E-state index in [1.165, 1.54) is 22.9 Å². The van der Waals surface area contributed by atoms with Crippen molar-refractivity contribution >= 4 is 22.1 Å². The summed E-state index contributed by atoms with van der Waals surface area (Å²) in [6.07, 6.45) is -5.97. The smallest absolute Gasteiger partial charge is 0.397 e. The monoisotopic (exact) mass is 570 g/mol. The molecule has 3 heterocycles. The van der Waals surface area contributed by atoms with Crippen LogP contribution < -0.4 is 22.2 Å². The Bertz CT molecular complexity index is 1680. The number of pyridine rings is 2. The molecule has 40 heavy (non-hydrogen) atoms. The lowest BCUT2D eigenvalue weighted by Crippen LogP contribution is -2.27. The molecule has 0 spiro atoms. The molecule has 1 atom stereocenters. The van der Waals surface area contributed by atoms with Gasteiger partial charge in [-0.1, -0.05) is 0 Å². The summed E-state index contributed by atoms with van der Waals surface area (Å²) >= 11 is 0. The molecule has 8 nitrogen and oxygen atoms in total. The molecule has 0 saturated carbocycles. The van der Waals surface area contributed by atoms with Crippen LogP contribution in [0, 0.1) is 5.82 Å². The van der Waals surface area contributed by atoms with Crippen LogP contribution >= 0.6 is 0 Å². The van der Waals surface area contributed by atoms with E-state index in [9.17, 15) is 40.3 Å². The first-order valence-electron chi connectivity index (χ1n) is 11.7. The van der Waals surface area contributed by atoms with E-state index in [0.717, 1.165) is 18.5 Å². The number of H-pyrrole nitrogens is 1. The number of halogens is 7. The van der Waals surface area contributed by atoms with Gasteiger partial charge in [-0.15, -0.1) is 0 Å². The predicted molar refractivity (Wildman–Crippen MR) is 133 cm³/mol. The van der Waals surface area contributed by atoms with Gasteiger partial charge in [0.2, 0.25) is 0 Å². The topological polar surface area (TPSA) is 119 Å². The Morgan fingerprint density at radius 1 is 1.07 bits per heavy atom. The number of alkyl halides is 6. The largest absolute Gasteiger partial charge is 0.423 e. The van der Waals surface area contributed by atoms with Gasteiger partial charge in [-0.3, -0.25) is 14.6 Å². The highest BCUT2D eigenvalue weighted by Crippen LogP contribution is 2.36. The van der Waals surface area contributed by atoms with E-state index in [2.05, 4.69) is 15.4 Å². The first-order valence-corrected chi connectivity index (χ1v) is 11.7. The van der Waals surface area contributed by atoms with Gasteiger partial charge in [-0.25, -0.2) is 9.49 Å². The minimum atomic E-state index is -4.89. The first-order chi connectivity index (χ1) is 18.7. The third-order valence-corrected chi connectivity index (χ3v) is 6.16. The van der Waals surface area contributed by atoms with Gasteiger partial charge in [0.1, 0.15) is 11.4 Å². The second-order valence-electron chi connectivity index (χ2n) is 9.06. The van der Waals surface area contributed by atoms with Crippen molar-refractivity contribution in [1.29, 1.82) is 0 Å². The number of anilines is 2. The quantitative estimate of drug-likeness (QED) is 0.264. The lowest BCUT2D eigenvalue weighted by molar-refractivity contribution is -0.138. The van der Waals surface area contributed by atoms with E-state index in [0.29, 0.717) is 18.9 Å². The number of nitrogens with two attached hydrogens (primary N) is 1. The Balaban J connectivity index is 1.51. The Kier molecular flexibility index (Phi) is 7.59. The zero-order chi connectivity index (χ0) is 29.4. The third-order valence-electron chi connectivity index (χ3n) is 6.16. The molecule has 4 N–H and O–H groups in total. The van der Waals surface area contributed by atoms with Gasteiger partial charge in [0.25, 0.3) is 11.1 Å². The highest BCUT2D eigenvalue weighted by atomic mass is 19.4. The van der Waals surface area contributed by atoms with Gasteiger partial charge < -0.3 is 15.6 Å². The second-order valence-corrected chi connectivity index (χ2v) is 9.06. The number of aryl methyl sites for hydroxylation is 1. The van der Waals surface area contributed by atoms with E-state index in [1.807, 2.05) is 0 Å². The molecule has 4 aromatic rings. The van der Waals surface area contributed by atoms with Crippen molar-refractivity contribution in [2.45, 2.75) is 44.7 Å². The fourth-order valence-corrected chi connectivity index (χ4v) is 4.23. The molecule has 0 fully saturated rings. The number of benzene rings is 1. The molecule has 0 saturated heterocycles. The van der Waals surface area contributed by atoms with Crippen LogP contribution in [-0.4, -0.2) is 25.8 Å². The number of aromatic nitrogens is 4. The summed E-state index contributed by atoms with van der Waals surface area (Å²) in [6, 6.07) is 3.72. The van der Waals surface area contributed by atoms with Crippen molar-refractivity contribution in [2.75, 3.05) is 11.1 Å². The summed E-state index contributed by atoms with van der Waals surface area (Å²) in [4.78, 5) is 28.4. The summed E-state index contributed by atoms with van der Waals surface area (Å²) in [6.45, 7) is 1.73. The Labute approximate surface area is 220 Å². The van der Waals surface area contributed by atoms with E-state index >= 15 is 0 Å². The standard InChI is InChI=1S/C25H21F7N6O2/c1-12(36-20-11-35-37-22(39)21(20)25(30,31)32)3-2-5-38-6-4-13-7-15(17(26)8-14(13)23(38)40)19-9-16(24(27,28)29)18(33)10-34-19/h4,6-12H,2-3,5,33H2,1H3,(H2,36,37,39)/t12-/m0/s1. The number of rotatable bonds is 7. The summed E-state index contributed by atoms with van der Waals surface area (Å²) < 4.78 is 95.6. The van der Waals surface area contributed by atoms with E-state index in [-0.39, 0.29) is 28.6 Å². The van der Waals surface area contributed by atoms with Crippen LogP contribution in [0.2, 0.25) is 0 Å². The molecule has 212 valence electrons. The van der Waals surface area contributed by atoms with Gasteiger partial charge in [-0.2, -0.15) is 31.4 Å². The Morgan fingerprint density at radius 3 is 2.48 bits per heavy atom. The van der Waals surface area contributed by atoms with Crippen molar-refractivity contribution in [2.24, 2.45) is 0 Å². The van der Waals surface area contributed by atoms with Gasteiger partial charge in [-0.05, 0) is 49.4 Å². The highest BCUT2D eigenvalue weighted by molar-refractivity contribution is 5.86. The summed E-state index contributed by atoms with van der Waals surface area (Å²) in [5.74, 6) is -0.961. The number of hydrogen-bond acceptors (Lipinski definition) is 6. The maximum Gasteiger partial charge on any atom is 0.423 e. The Hall–Kier alpha value is -4.43. The first kappa shape index (κ1) is 28.6. The zero-order valence-electron chi connectivity index (χ0n) is 20.6. The number of nitrogen functional groups attached to an aromatic ring is 1. The molecule has 0 aliphatic carbocycles. The second kappa shape index (κ2) is 10.6. The third kappa shape index (κ3) is 5.92. The van der Waals surface area contributed by atoms with Crippen molar-refractivity contribution in [3.05, 3.63) is 80.5 Å². The molecule has 0 unspecified atom stereocenters. The predicted octanol–water partition coefficient (Wildman–Crippen LogP) is 5.19. The molecule has 0 amide bonds. The number of fused-ring (bicyclic) bond motifs is 1. The molecule has 15 heteroatoms. The maximum absolute atomic E-state index is 14.9. The minimum Gasteiger partial charge on any atom is -0.397 e. The molecule has 4 rings (SSSR count). The lowest BCUT2D eigenvalue weighted by Gasteiger charge is -2.18. The maximum atomic E-state index is 14.9. The van der Waals surface area contributed by atoms with Crippen LogP contribution in [0.5, 0.6) is 0 Å². The van der Waals surface area contributed by atoms with E-state index in [1.54, 1.807) is 12.0 Å². The molecule has 0 radical (unpaired) electrons. The van der Waals surface area contributed by atoms with Gasteiger partial charge in [0.15, 0.2) is 0 Å². The van der Waals surface area contributed by atoms with Crippen LogP contribution in [0.4, 0.5) is 42.1 Å². The average molecular weight is 570 g/mol. The zero-order valence-corrected chi connectivity index (χ0v) is 20.6. The van der Waals surface area contributed by atoms with Gasteiger partial charge in [0.05, 0.1) is 40.4 Å². The number of nitrogens with zero attached hydrogens (tertiary/aromatic N) is 3. The summed E-state index contributed by atoms with van der Waals surface area (Å²) in [5, 5.41) is 8.00. The lowest BCUT2D eigenvalue weighted by atomic mass is 10.0. The van der Waals surface area contributed by atoms with Crippen LogP contribution in [0.25, 0.3) is 22.0 Å². The number of hydrogen-bond donors (Lipinski definition) is 3. The van der Waals surface area contributed by atoms with E-state index in [4.69, 9.17) is 5.73 Å². The van der Waals surface area contributed by atoms with Crippen LogP contribution in [0.15, 0.2) is 52.4 Å². The number of aromatic amines is 1. The molecule has 0 aliphatic rings. The summed E-state index contributed by atoms with van der Waals surface area (Å²) in [5.41, 5.74) is -0.794. The van der Waals surface area contributed by atoms with Crippen LogP contribution in [0.3, 0.4) is 0 Å². The van der Waals surface area contributed by atoms with E-state index < -0.39 is 57.8 Å². The average Bonchev–Trinajstić information content (AvgIpc) is 2.84. The fourth-order valence-electron chi connectivity index (χ4n) is 4.23. The molecular formula is C25H21F7N6O2. The molecular weight excluding hydrogens is 549 g/mol. The van der Waals surface area contributed by atoms with Crippen molar-refractivity contribution in [3.63, 3.8) is 0 Å². The van der Waals surface area contributed by atoms with Crippen LogP contribution in [-0.2, 0) is 18.9 Å². The SMILES string of the molecule is C[C@@H](CCCn1ccc2cc(-c3cc(C(F)(F)F)c(N)cn3)c(F)cc2c1=O)Nc1cn[nH]c(=O)c1C(F)(F)F. The molecule has 3 aromatic heterocycles. The molecule has 0 aliphatic heterocycles. The van der Waals surface area contributed by atoms with Crippen molar-refractivity contribution in [3.8, 4) is 11.3 Å². The summed E-state index contributed by atoms with van der Waals surface area (Å²) in [7, 11) is 0. The Morgan fingerprint density at radius 2 is 1.80 bits per heavy atom. The normalized spacial score (nSPS) is 13.0. The van der Waals surface area contributed by atoms with Gasteiger partial charge in [0, 0.05) is 24.3 Å². The van der Waals surface area contributed by atoms with Crippen molar-refractivity contribution in [1.82, 2.24) is 19.7 Å². The highest BCUT2D eigenvalue weighted by Gasteiger charge is 2.37. The fraction of sp³-hybridized carbons (Fsp3) is 0.280. The van der Waals surface area contributed by atoms with Gasteiger partial charge >= 0.3 is 12.4 Å².